The first-order valence-electron chi connectivity index (χ1n) is 6.94. The predicted molar refractivity (Wildman–Crippen MR) is 73.5 cm³/mol. The number of ether oxygens (including phenoxy) is 1. The van der Waals surface area contributed by atoms with Gasteiger partial charge in [-0.2, -0.15) is 8.78 Å². The Labute approximate surface area is 122 Å². The zero-order valence-electron chi connectivity index (χ0n) is 11.9. The summed E-state index contributed by atoms with van der Waals surface area (Å²) in [5.74, 6) is -0.128. The fourth-order valence-electron chi connectivity index (χ4n) is 2.43. The minimum Gasteiger partial charge on any atom is -0.435 e. The van der Waals surface area contributed by atoms with E-state index < -0.39 is 12.2 Å². The molecular weight excluding hydrogens is 280 g/mol. The second-order valence-corrected chi connectivity index (χ2v) is 5.55. The molecule has 1 aliphatic rings. The van der Waals surface area contributed by atoms with Gasteiger partial charge in [-0.25, -0.2) is 0 Å². The average molecular weight is 299 g/mol. The molecule has 0 bridgehead atoms. The van der Waals surface area contributed by atoms with Gasteiger partial charge in [0, 0.05) is 18.7 Å². The minimum absolute atomic E-state index is 0.0281. The van der Waals surface area contributed by atoms with Crippen molar-refractivity contribution in [2.24, 2.45) is 0 Å². The van der Waals surface area contributed by atoms with Crippen LogP contribution in [0.1, 0.15) is 36.5 Å². The van der Waals surface area contributed by atoms with E-state index in [1.54, 1.807) is 11.8 Å². The number of amides is 1. The molecule has 0 spiro atoms. The van der Waals surface area contributed by atoms with Crippen LogP contribution in [0.15, 0.2) is 24.3 Å². The lowest BCUT2D eigenvalue weighted by Gasteiger charge is -2.22. The molecule has 0 radical (unpaired) electrons. The first-order valence-corrected chi connectivity index (χ1v) is 6.94. The van der Waals surface area contributed by atoms with E-state index in [9.17, 15) is 18.7 Å². The quantitative estimate of drug-likeness (QED) is 0.933. The van der Waals surface area contributed by atoms with E-state index in [1.807, 2.05) is 0 Å². The van der Waals surface area contributed by atoms with Crippen LogP contribution in [0.2, 0.25) is 0 Å². The third-order valence-corrected chi connectivity index (χ3v) is 3.68. The Bertz CT molecular complexity index is 488. The lowest BCUT2D eigenvalue weighted by Crippen LogP contribution is -2.33. The van der Waals surface area contributed by atoms with Gasteiger partial charge in [-0.1, -0.05) is 0 Å². The van der Waals surface area contributed by atoms with Crippen LogP contribution in [0, 0.1) is 0 Å². The number of carbonyl (C=O) groups is 1. The maximum atomic E-state index is 12.4. The van der Waals surface area contributed by atoms with Crippen LogP contribution >= 0.6 is 0 Å². The molecule has 1 N–H and O–H groups in total. The maximum Gasteiger partial charge on any atom is 0.387 e. The molecule has 1 aromatic rings. The van der Waals surface area contributed by atoms with Crippen LogP contribution in [-0.2, 0) is 0 Å². The van der Waals surface area contributed by atoms with E-state index >= 15 is 0 Å². The Morgan fingerprint density at radius 1 is 1.29 bits per heavy atom. The van der Waals surface area contributed by atoms with Gasteiger partial charge < -0.3 is 14.7 Å². The third kappa shape index (κ3) is 4.39. The van der Waals surface area contributed by atoms with Gasteiger partial charge in [0.2, 0.25) is 0 Å². The molecule has 1 unspecified atom stereocenters. The molecular formula is C15H19F2NO3. The van der Waals surface area contributed by atoms with E-state index in [4.69, 9.17) is 0 Å². The number of nitrogens with zero attached hydrogens (tertiary/aromatic N) is 1. The number of likely N-dealkylation sites (tertiary alicyclic amines) is 1. The van der Waals surface area contributed by atoms with Crippen LogP contribution in [0.4, 0.5) is 8.78 Å². The van der Waals surface area contributed by atoms with Crippen LogP contribution < -0.4 is 4.74 Å². The van der Waals surface area contributed by atoms with Crippen LogP contribution in [0.3, 0.4) is 0 Å². The van der Waals surface area contributed by atoms with Gasteiger partial charge >= 0.3 is 6.61 Å². The SMILES string of the molecule is CC1(O)CCCN(C(=O)c2ccc(OC(F)F)cc2)CC1. The molecule has 1 atom stereocenters. The number of rotatable bonds is 3. The van der Waals surface area contributed by atoms with Crippen molar-refractivity contribution in [3.63, 3.8) is 0 Å². The molecule has 1 heterocycles. The Hall–Kier alpha value is -1.69. The number of halogens is 2. The minimum atomic E-state index is -2.88. The van der Waals surface area contributed by atoms with Crippen LogP contribution in [0.5, 0.6) is 5.75 Å². The average Bonchev–Trinajstić information content (AvgIpc) is 2.59. The Morgan fingerprint density at radius 2 is 1.95 bits per heavy atom. The van der Waals surface area contributed by atoms with Gasteiger partial charge in [-0.3, -0.25) is 4.79 Å². The van der Waals surface area contributed by atoms with Crippen LogP contribution in [0.25, 0.3) is 0 Å². The van der Waals surface area contributed by atoms with Crippen molar-refractivity contribution < 1.29 is 23.4 Å². The number of alkyl halides is 2. The van der Waals surface area contributed by atoms with Gasteiger partial charge in [0.15, 0.2) is 0 Å². The van der Waals surface area contributed by atoms with E-state index in [2.05, 4.69) is 4.74 Å². The second kappa shape index (κ2) is 6.39. The summed E-state index contributed by atoms with van der Waals surface area (Å²) < 4.78 is 28.4. The first-order chi connectivity index (χ1) is 9.87. The standard InChI is InChI=1S/C15H19F2NO3/c1-15(20)7-2-9-18(10-8-15)13(19)11-3-5-12(6-4-11)21-14(16)17/h3-6,14,20H,2,7-10H2,1H3. The van der Waals surface area contributed by atoms with Crippen molar-refractivity contribution in [1.29, 1.82) is 0 Å². The molecule has 1 fully saturated rings. The summed E-state index contributed by atoms with van der Waals surface area (Å²) in [7, 11) is 0. The van der Waals surface area contributed by atoms with Crippen molar-refractivity contribution in [1.82, 2.24) is 4.90 Å². The molecule has 21 heavy (non-hydrogen) atoms. The summed E-state index contributed by atoms with van der Waals surface area (Å²) in [4.78, 5) is 14.0. The topological polar surface area (TPSA) is 49.8 Å². The molecule has 0 aliphatic carbocycles. The molecule has 1 aliphatic heterocycles. The molecule has 4 nitrogen and oxygen atoms in total. The Morgan fingerprint density at radius 3 is 2.57 bits per heavy atom. The summed E-state index contributed by atoms with van der Waals surface area (Å²) in [5, 5.41) is 10.0. The van der Waals surface area contributed by atoms with Crippen molar-refractivity contribution in [2.45, 2.75) is 38.4 Å². The summed E-state index contributed by atoms with van der Waals surface area (Å²) in [5.41, 5.74) is -0.303. The van der Waals surface area contributed by atoms with Crippen molar-refractivity contribution in [3.05, 3.63) is 29.8 Å². The molecule has 0 saturated carbocycles. The van der Waals surface area contributed by atoms with Gasteiger partial charge in [-0.15, -0.1) is 0 Å². The summed E-state index contributed by atoms with van der Waals surface area (Å²) >= 11 is 0. The van der Waals surface area contributed by atoms with E-state index in [0.29, 0.717) is 31.5 Å². The van der Waals surface area contributed by atoms with Crippen molar-refractivity contribution in [2.75, 3.05) is 13.1 Å². The summed E-state index contributed by atoms with van der Waals surface area (Å²) in [6.07, 6.45) is 1.94. The predicted octanol–water partition coefficient (Wildman–Crippen LogP) is 2.67. The highest BCUT2D eigenvalue weighted by atomic mass is 19.3. The lowest BCUT2D eigenvalue weighted by atomic mass is 9.98. The zero-order valence-corrected chi connectivity index (χ0v) is 11.9. The first kappa shape index (κ1) is 15.7. The van der Waals surface area contributed by atoms with E-state index in [1.165, 1.54) is 24.3 Å². The highest BCUT2D eigenvalue weighted by Gasteiger charge is 2.27. The third-order valence-electron chi connectivity index (χ3n) is 3.68. The largest absolute Gasteiger partial charge is 0.435 e. The molecule has 1 aromatic carbocycles. The fourth-order valence-corrected chi connectivity index (χ4v) is 2.43. The molecule has 0 aromatic heterocycles. The fraction of sp³-hybridized carbons (Fsp3) is 0.533. The molecule has 1 amide bonds. The number of carbonyl (C=O) groups excluding carboxylic acids is 1. The van der Waals surface area contributed by atoms with Gasteiger partial charge in [0.25, 0.3) is 5.91 Å². The smallest absolute Gasteiger partial charge is 0.387 e. The number of hydrogen-bond donors (Lipinski definition) is 1. The summed E-state index contributed by atoms with van der Waals surface area (Å²) in [6, 6.07) is 5.66. The van der Waals surface area contributed by atoms with Gasteiger partial charge in [0.05, 0.1) is 5.60 Å². The second-order valence-electron chi connectivity index (χ2n) is 5.55. The highest BCUT2D eigenvalue weighted by molar-refractivity contribution is 5.94. The zero-order chi connectivity index (χ0) is 15.5. The molecule has 1 saturated heterocycles. The Kier molecular flexibility index (Phi) is 4.77. The van der Waals surface area contributed by atoms with Gasteiger partial charge in [0.1, 0.15) is 5.75 Å². The van der Waals surface area contributed by atoms with Crippen molar-refractivity contribution in [3.8, 4) is 5.75 Å². The number of hydrogen-bond acceptors (Lipinski definition) is 3. The van der Waals surface area contributed by atoms with Crippen molar-refractivity contribution >= 4 is 5.91 Å². The number of benzene rings is 1. The van der Waals surface area contributed by atoms with Gasteiger partial charge in [-0.05, 0) is 50.5 Å². The monoisotopic (exact) mass is 299 g/mol. The molecule has 2 rings (SSSR count). The normalized spacial score (nSPS) is 23.0. The van der Waals surface area contributed by atoms with E-state index in [-0.39, 0.29) is 11.7 Å². The molecule has 6 heteroatoms. The lowest BCUT2D eigenvalue weighted by molar-refractivity contribution is -0.0498. The summed E-state index contributed by atoms with van der Waals surface area (Å²) in [6.45, 7) is -0.0255. The van der Waals surface area contributed by atoms with E-state index in [0.717, 1.165) is 6.42 Å². The Balaban J connectivity index is 2.02. The number of aliphatic hydroxyl groups is 1. The highest BCUT2D eigenvalue weighted by Crippen LogP contribution is 2.23. The maximum absolute atomic E-state index is 12.4. The molecule has 116 valence electrons. The van der Waals surface area contributed by atoms with Crippen LogP contribution in [-0.4, -0.2) is 41.2 Å².